The molecule has 0 saturated carbocycles. The molecule has 0 bridgehead atoms. The molecule has 1 aliphatic rings. The van der Waals surface area contributed by atoms with E-state index in [-0.39, 0.29) is 5.91 Å². The van der Waals surface area contributed by atoms with Crippen molar-refractivity contribution in [3.63, 3.8) is 0 Å². The Labute approximate surface area is 128 Å². The number of piperazine rings is 1. The Bertz CT molecular complexity index is 629. The van der Waals surface area contributed by atoms with E-state index in [2.05, 4.69) is 21.5 Å². The Balaban J connectivity index is 1.85. The number of hydrogen-bond donors (Lipinski definition) is 0. The van der Waals surface area contributed by atoms with Gasteiger partial charge in [0.1, 0.15) is 10.6 Å². The highest BCUT2D eigenvalue weighted by molar-refractivity contribution is 7.08. The summed E-state index contributed by atoms with van der Waals surface area (Å²) >= 11 is 1.19. The average molecular weight is 302 g/mol. The predicted molar refractivity (Wildman–Crippen MR) is 83.5 cm³/mol. The maximum Gasteiger partial charge on any atom is 0.267 e. The van der Waals surface area contributed by atoms with Gasteiger partial charge in [-0.25, -0.2) is 0 Å². The Kier molecular flexibility index (Phi) is 3.98. The molecular weight excluding hydrogens is 284 g/mol. The van der Waals surface area contributed by atoms with Crippen LogP contribution in [0.15, 0.2) is 24.3 Å². The predicted octanol–water partition coefficient (Wildman–Crippen LogP) is 1.90. The first-order chi connectivity index (χ1) is 10.1. The van der Waals surface area contributed by atoms with Crippen LogP contribution >= 0.6 is 11.5 Å². The molecule has 6 heteroatoms. The van der Waals surface area contributed by atoms with Gasteiger partial charge in [0.05, 0.1) is 0 Å². The summed E-state index contributed by atoms with van der Waals surface area (Å²) in [6, 6.07) is 8.04. The van der Waals surface area contributed by atoms with Gasteiger partial charge in [0.15, 0.2) is 0 Å². The van der Waals surface area contributed by atoms with Crippen molar-refractivity contribution in [1.29, 1.82) is 0 Å². The van der Waals surface area contributed by atoms with Gasteiger partial charge in [-0.05, 0) is 25.5 Å². The molecule has 0 aliphatic carbocycles. The molecule has 3 rings (SSSR count). The lowest BCUT2D eigenvalue weighted by atomic mass is 10.1. The van der Waals surface area contributed by atoms with Crippen molar-refractivity contribution >= 4 is 17.4 Å². The van der Waals surface area contributed by atoms with Gasteiger partial charge in [0, 0.05) is 31.7 Å². The van der Waals surface area contributed by atoms with Gasteiger partial charge in [-0.15, -0.1) is 5.10 Å². The normalized spacial score (nSPS) is 16.2. The molecule has 1 saturated heterocycles. The fraction of sp³-hybridized carbons (Fsp3) is 0.400. The zero-order valence-electron chi connectivity index (χ0n) is 12.2. The van der Waals surface area contributed by atoms with E-state index in [0.717, 1.165) is 31.7 Å². The summed E-state index contributed by atoms with van der Waals surface area (Å²) in [6.07, 6.45) is 0. The van der Waals surface area contributed by atoms with Crippen molar-refractivity contribution in [2.75, 3.05) is 33.2 Å². The molecule has 1 aromatic heterocycles. The summed E-state index contributed by atoms with van der Waals surface area (Å²) in [5, 5.41) is 4.16. The van der Waals surface area contributed by atoms with E-state index in [9.17, 15) is 4.79 Å². The van der Waals surface area contributed by atoms with Gasteiger partial charge >= 0.3 is 0 Å². The second kappa shape index (κ2) is 5.91. The Morgan fingerprint density at radius 3 is 2.48 bits per heavy atom. The first-order valence-electron chi connectivity index (χ1n) is 7.02. The molecule has 0 radical (unpaired) electrons. The lowest BCUT2D eigenvalue weighted by molar-refractivity contribution is 0.0669. The second-order valence-electron chi connectivity index (χ2n) is 5.41. The molecule has 0 atom stereocenters. The molecule has 1 fully saturated rings. The van der Waals surface area contributed by atoms with E-state index in [0.29, 0.717) is 10.6 Å². The summed E-state index contributed by atoms with van der Waals surface area (Å²) in [4.78, 5) is 17.4. The smallest absolute Gasteiger partial charge is 0.267 e. The molecule has 2 aromatic rings. The third-order valence-corrected chi connectivity index (χ3v) is 4.51. The minimum absolute atomic E-state index is 0.0497. The summed E-state index contributed by atoms with van der Waals surface area (Å²) < 4.78 is 3.99. The number of carbonyl (C=O) groups excluding carboxylic acids is 1. The maximum atomic E-state index is 12.7. The highest BCUT2D eigenvalue weighted by Crippen LogP contribution is 2.25. The number of hydrogen-bond acceptors (Lipinski definition) is 5. The standard InChI is InChI=1S/C15H18N4OS/c1-11-3-5-12(6-4-11)13-14(21-17-16-13)15(20)19-9-7-18(2)8-10-19/h3-6H,7-10H2,1-2H3. The minimum atomic E-state index is 0.0497. The van der Waals surface area contributed by atoms with Crippen molar-refractivity contribution in [2.24, 2.45) is 0 Å². The summed E-state index contributed by atoms with van der Waals surface area (Å²) in [7, 11) is 2.08. The molecule has 1 amide bonds. The van der Waals surface area contributed by atoms with E-state index in [1.165, 1.54) is 17.1 Å². The Hall–Kier alpha value is -1.79. The number of likely N-dealkylation sites (N-methyl/N-ethyl adjacent to an activating group) is 1. The Morgan fingerprint density at radius 1 is 1.14 bits per heavy atom. The van der Waals surface area contributed by atoms with E-state index in [1.807, 2.05) is 36.1 Å². The number of carbonyl (C=O) groups is 1. The van der Waals surface area contributed by atoms with Crippen molar-refractivity contribution in [3.8, 4) is 11.3 Å². The van der Waals surface area contributed by atoms with Crippen molar-refractivity contribution < 1.29 is 4.79 Å². The van der Waals surface area contributed by atoms with Gasteiger partial charge in [-0.1, -0.05) is 34.3 Å². The number of aromatic nitrogens is 2. The zero-order valence-corrected chi connectivity index (χ0v) is 13.1. The van der Waals surface area contributed by atoms with E-state index in [4.69, 9.17) is 0 Å². The molecule has 21 heavy (non-hydrogen) atoms. The number of nitrogens with zero attached hydrogens (tertiary/aromatic N) is 4. The lowest BCUT2D eigenvalue weighted by Crippen LogP contribution is -2.47. The van der Waals surface area contributed by atoms with Crippen LogP contribution in [0.3, 0.4) is 0 Å². The fourth-order valence-electron chi connectivity index (χ4n) is 2.38. The van der Waals surface area contributed by atoms with Crippen LogP contribution < -0.4 is 0 Å². The van der Waals surface area contributed by atoms with Gasteiger partial charge < -0.3 is 9.80 Å². The van der Waals surface area contributed by atoms with Crippen LogP contribution in [-0.4, -0.2) is 58.5 Å². The van der Waals surface area contributed by atoms with Crippen LogP contribution in [0.25, 0.3) is 11.3 Å². The van der Waals surface area contributed by atoms with Gasteiger partial charge in [-0.3, -0.25) is 4.79 Å². The van der Waals surface area contributed by atoms with E-state index < -0.39 is 0 Å². The maximum absolute atomic E-state index is 12.7. The number of rotatable bonds is 2. The Morgan fingerprint density at radius 2 is 1.81 bits per heavy atom. The fourth-order valence-corrected chi connectivity index (χ4v) is 3.04. The molecule has 1 aliphatic heterocycles. The minimum Gasteiger partial charge on any atom is -0.335 e. The van der Waals surface area contributed by atoms with Gasteiger partial charge in [0.25, 0.3) is 5.91 Å². The molecule has 2 heterocycles. The number of amides is 1. The van der Waals surface area contributed by atoms with Crippen LogP contribution in [0.1, 0.15) is 15.2 Å². The monoisotopic (exact) mass is 302 g/mol. The molecule has 0 unspecified atom stereocenters. The first-order valence-corrected chi connectivity index (χ1v) is 7.79. The molecule has 5 nitrogen and oxygen atoms in total. The molecule has 1 aromatic carbocycles. The van der Waals surface area contributed by atoms with E-state index >= 15 is 0 Å². The summed E-state index contributed by atoms with van der Waals surface area (Å²) in [5.41, 5.74) is 2.84. The van der Waals surface area contributed by atoms with E-state index in [1.54, 1.807) is 0 Å². The van der Waals surface area contributed by atoms with Crippen LogP contribution in [0.5, 0.6) is 0 Å². The van der Waals surface area contributed by atoms with Gasteiger partial charge in [0.2, 0.25) is 0 Å². The highest BCUT2D eigenvalue weighted by atomic mass is 32.1. The highest BCUT2D eigenvalue weighted by Gasteiger charge is 2.25. The lowest BCUT2D eigenvalue weighted by Gasteiger charge is -2.32. The molecule has 0 spiro atoms. The third-order valence-electron chi connectivity index (χ3n) is 3.80. The average Bonchev–Trinajstić information content (AvgIpc) is 2.97. The quantitative estimate of drug-likeness (QED) is 0.850. The number of benzene rings is 1. The van der Waals surface area contributed by atoms with Gasteiger partial charge in [-0.2, -0.15) is 0 Å². The molecule has 0 N–H and O–H groups in total. The van der Waals surface area contributed by atoms with Crippen molar-refractivity contribution in [1.82, 2.24) is 19.4 Å². The zero-order chi connectivity index (χ0) is 14.8. The van der Waals surface area contributed by atoms with Crippen molar-refractivity contribution in [2.45, 2.75) is 6.92 Å². The van der Waals surface area contributed by atoms with Crippen LogP contribution in [0, 0.1) is 6.92 Å². The molecule has 110 valence electrons. The molecular formula is C15H18N4OS. The second-order valence-corrected chi connectivity index (χ2v) is 6.17. The number of aryl methyl sites for hydroxylation is 1. The van der Waals surface area contributed by atoms with Crippen LogP contribution in [-0.2, 0) is 0 Å². The van der Waals surface area contributed by atoms with Crippen molar-refractivity contribution in [3.05, 3.63) is 34.7 Å². The summed E-state index contributed by atoms with van der Waals surface area (Å²) in [5.74, 6) is 0.0497. The third kappa shape index (κ3) is 2.96. The summed E-state index contributed by atoms with van der Waals surface area (Å²) in [6.45, 7) is 5.40. The van der Waals surface area contributed by atoms with Crippen LogP contribution in [0.2, 0.25) is 0 Å². The van der Waals surface area contributed by atoms with Crippen LogP contribution in [0.4, 0.5) is 0 Å². The SMILES string of the molecule is Cc1ccc(-c2nnsc2C(=O)N2CCN(C)CC2)cc1. The topological polar surface area (TPSA) is 49.3 Å². The largest absolute Gasteiger partial charge is 0.335 e. The first kappa shape index (κ1) is 14.2.